The van der Waals surface area contributed by atoms with Crippen LogP contribution in [-0.2, 0) is 19.3 Å². The average Bonchev–Trinajstić information content (AvgIpc) is 3.15. The molecule has 4 aromatic rings. The number of aromatic hydroxyl groups is 1. The van der Waals surface area contributed by atoms with E-state index in [2.05, 4.69) is 29.6 Å². The highest BCUT2D eigenvalue weighted by atomic mass is 16.3. The molecule has 5 heteroatoms. The fraction of sp³-hybridized carbons (Fsp3) is 0.185. The first-order valence-electron chi connectivity index (χ1n) is 10.9. The summed E-state index contributed by atoms with van der Waals surface area (Å²) in [6.45, 7) is 0. The van der Waals surface area contributed by atoms with E-state index >= 15 is 0 Å². The Kier molecular flexibility index (Phi) is 5.57. The van der Waals surface area contributed by atoms with Crippen LogP contribution in [0.1, 0.15) is 34.5 Å². The van der Waals surface area contributed by atoms with Crippen molar-refractivity contribution in [2.24, 2.45) is 0 Å². The van der Waals surface area contributed by atoms with Crippen molar-refractivity contribution in [1.29, 1.82) is 0 Å². The van der Waals surface area contributed by atoms with Gasteiger partial charge in [0.2, 0.25) is 0 Å². The van der Waals surface area contributed by atoms with Gasteiger partial charge < -0.3 is 15.5 Å². The average molecular weight is 424 g/mol. The van der Waals surface area contributed by atoms with Crippen molar-refractivity contribution in [3.8, 4) is 17.0 Å². The van der Waals surface area contributed by atoms with Crippen LogP contribution in [0.25, 0.3) is 11.3 Å². The molecule has 0 aliphatic heterocycles. The third kappa shape index (κ3) is 4.34. The maximum atomic E-state index is 10.7. The van der Waals surface area contributed by atoms with Gasteiger partial charge in [-0.05, 0) is 47.7 Å². The number of fused-ring (bicyclic) bond motifs is 3. The van der Waals surface area contributed by atoms with Gasteiger partial charge >= 0.3 is 0 Å². The summed E-state index contributed by atoms with van der Waals surface area (Å²) in [6.07, 6.45) is 1.84. The molecule has 0 saturated heterocycles. The highest BCUT2D eigenvalue weighted by Crippen LogP contribution is 2.37. The second kappa shape index (κ2) is 8.81. The molecule has 3 aromatic carbocycles. The Balaban J connectivity index is 1.43. The lowest BCUT2D eigenvalue weighted by molar-refractivity contribution is 0.193. The van der Waals surface area contributed by atoms with E-state index in [-0.39, 0.29) is 5.75 Å². The van der Waals surface area contributed by atoms with E-state index in [1.54, 1.807) is 12.1 Å². The number of phenolic OH excluding ortho intramolecular Hbond substituents is 1. The third-order valence-corrected chi connectivity index (χ3v) is 5.81. The third-order valence-electron chi connectivity index (χ3n) is 5.81. The van der Waals surface area contributed by atoms with Gasteiger partial charge in [-0.2, -0.15) is 0 Å². The predicted octanol–water partition coefficient (Wildman–Crippen LogP) is 4.71. The van der Waals surface area contributed by atoms with Gasteiger partial charge in [0, 0.05) is 18.4 Å². The number of nitrogens with zero attached hydrogens (tertiary/aromatic N) is 2. The first-order chi connectivity index (χ1) is 15.7. The van der Waals surface area contributed by atoms with Gasteiger partial charge in [0.25, 0.3) is 0 Å². The molecular formula is C27H25N3O2. The van der Waals surface area contributed by atoms with Gasteiger partial charge in [-0.15, -0.1) is 0 Å². The molecule has 1 unspecified atom stereocenters. The maximum Gasteiger partial charge on any atom is 0.150 e. The first-order valence-corrected chi connectivity index (χ1v) is 10.9. The molecule has 1 heterocycles. The van der Waals surface area contributed by atoms with Gasteiger partial charge in [-0.3, -0.25) is 0 Å². The molecule has 5 nitrogen and oxygen atoms in total. The molecule has 0 amide bonds. The molecule has 0 bridgehead atoms. The standard InChI is InChI=1S/C27H25N3O2/c31-21-12-13-22-20(16-21)17-23-26(22)28-24(15-19-9-5-2-6-10-19)27(29-23)30-25(32)14-11-18-7-3-1-4-8-18/h1-10,12-13,16,25,31-32H,11,14-15,17H2,(H,29,30). The number of anilines is 1. The summed E-state index contributed by atoms with van der Waals surface area (Å²) in [5.41, 5.74) is 6.87. The summed E-state index contributed by atoms with van der Waals surface area (Å²) in [6, 6.07) is 25.6. The lowest BCUT2D eigenvalue weighted by Gasteiger charge is -2.17. The number of aryl methyl sites for hydroxylation is 1. The van der Waals surface area contributed by atoms with E-state index in [4.69, 9.17) is 9.97 Å². The van der Waals surface area contributed by atoms with E-state index in [9.17, 15) is 10.2 Å². The Hall–Kier alpha value is -3.70. The zero-order chi connectivity index (χ0) is 21.9. The van der Waals surface area contributed by atoms with Gasteiger partial charge in [0.15, 0.2) is 0 Å². The van der Waals surface area contributed by atoms with Crippen LogP contribution in [0, 0.1) is 0 Å². The van der Waals surface area contributed by atoms with Crippen molar-refractivity contribution in [2.45, 2.75) is 31.9 Å². The van der Waals surface area contributed by atoms with Crippen LogP contribution in [0.15, 0.2) is 78.9 Å². The molecule has 3 N–H and O–H groups in total. The van der Waals surface area contributed by atoms with Gasteiger partial charge in [-0.25, -0.2) is 9.97 Å². The van der Waals surface area contributed by atoms with Crippen LogP contribution in [0.4, 0.5) is 5.82 Å². The Labute approximate surface area is 187 Å². The smallest absolute Gasteiger partial charge is 0.150 e. The Morgan fingerprint density at radius 1 is 0.875 bits per heavy atom. The van der Waals surface area contributed by atoms with Crippen LogP contribution in [0.3, 0.4) is 0 Å². The molecular weight excluding hydrogens is 398 g/mol. The van der Waals surface area contributed by atoms with E-state index in [0.29, 0.717) is 25.1 Å². The topological polar surface area (TPSA) is 78.3 Å². The minimum Gasteiger partial charge on any atom is -0.508 e. The van der Waals surface area contributed by atoms with Crippen LogP contribution >= 0.6 is 0 Å². The summed E-state index contributed by atoms with van der Waals surface area (Å²) < 4.78 is 0. The number of hydrogen-bond donors (Lipinski definition) is 3. The normalized spacial score (nSPS) is 12.8. The van der Waals surface area contributed by atoms with Crippen molar-refractivity contribution < 1.29 is 10.2 Å². The summed E-state index contributed by atoms with van der Waals surface area (Å²) in [4.78, 5) is 9.85. The van der Waals surface area contributed by atoms with Gasteiger partial charge in [-0.1, -0.05) is 60.7 Å². The number of rotatable bonds is 7. The zero-order valence-electron chi connectivity index (χ0n) is 17.7. The van der Waals surface area contributed by atoms with Gasteiger partial charge in [0.05, 0.1) is 17.1 Å². The molecule has 0 radical (unpaired) electrons. The predicted molar refractivity (Wildman–Crippen MR) is 126 cm³/mol. The zero-order valence-corrected chi connectivity index (χ0v) is 17.7. The lowest BCUT2D eigenvalue weighted by atomic mass is 10.1. The number of aliphatic hydroxyl groups excluding tert-OH is 1. The quantitative estimate of drug-likeness (QED) is 0.331. The number of aliphatic hydroxyl groups is 1. The number of aromatic nitrogens is 2. The number of phenols is 1. The van der Waals surface area contributed by atoms with Crippen molar-refractivity contribution in [3.63, 3.8) is 0 Å². The second-order valence-corrected chi connectivity index (χ2v) is 8.18. The largest absolute Gasteiger partial charge is 0.508 e. The number of hydrogen-bond acceptors (Lipinski definition) is 5. The fourth-order valence-electron chi connectivity index (χ4n) is 4.19. The van der Waals surface area contributed by atoms with Crippen LogP contribution in [0.5, 0.6) is 5.75 Å². The highest BCUT2D eigenvalue weighted by molar-refractivity contribution is 5.74. The minimum absolute atomic E-state index is 0.246. The Bertz CT molecular complexity index is 1230. The molecule has 0 saturated carbocycles. The summed E-state index contributed by atoms with van der Waals surface area (Å²) in [7, 11) is 0. The highest BCUT2D eigenvalue weighted by Gasteiger charge is 2.25. The van der Waals surface area contributed by atoms with E-state index in [1.807, 2.05) is 42.5 Å². The fourth-order valence-corrected chi connectivity index (χ4v) is 4.19. The van der Waals surface area contributed by atoms with Crippen molar-refractivity contribution in [2.75, 3.05) is 5.32 Å². The summed E-state index contributed by atoms with van der Waals surface area (Å²) >= 11 is 0. The minimum atomic E-state index is -0.732. The molecule has 160 valence electrons. The summed E-state index contributed by atoms with van der Waals surface area (Å²) in [5.74, 6) is 0.862. The molecule has 1 aromatic heterocycles. The van der Waals surface area contributed by atoms with Crippen molar-refractivity contribution in [3.05, 3.63) is 107 Å². The van der Waals surface area contributed by atoms with Crippen LogP contribution < -0.4 is 5.32 Å². The second-order valence-electron chi connectivity index (χ2n) is 8.18. The molecule has 0 fully saturated rings. The Morgan fingerprint density at radius 3 is 2.34 bits per heavy atom. The van der Waals surface area contributed by atoms with Crippen LogP contribution in [0.2, 0.25) is 0 Å². The summed E-state index contributed by atoms with van der Waals surface area (Å²) in [5, 5.41) is 23.8. The molecule has 5 rings (SSSR count). The van der Waals surface area contributed by atoms with E-state index < -0.39 is 6.23 Å². The molecule has 0 spiro atoms. The van der Waals surface area contributed by atoms with Gasteiger partial charge in [0.1, 0.15) is 17.8 Å². The van der Waals surface area contributed by atoms with E-state index in [0.717, 1.165) is 40.2 Å². The van der Waals surface area contributed by atoms with Crippen LogP contribution in [-0.4, -0.2) is 26.4 Å². The van der Waals surface area contributed by atoms with E-state index in [1.165, 1.54) is 5.56 Å². The Morgan fingerprint density at radius 2 is 1.59 bits per heavy atom. The SMILES string of the molecule is Oc1ccc2c(c1)Cc1nc(NC(O)CCc3ccccc3)c(Cc3ccccc3)nc1-2. The molecule has 32 heavy (non-hydrogen) atoms. The first kappa shape index (κ1) is 20.2. The lowest BCUT2D eigenvalue weighted by Crippen LogP contribution is -2.22. The maximum absolute atomic E-state index is 10.7. The van der Waals surface area contributed by atoms with Crippen molar-refractivity contribution >= 4 is 5.82 Å². The molecule has 1 aliphatic rings. The van der Waals surface area contributed by atoms with Crippen molar-refractivity contribution in [1.82, 2.24) is 9.97 Å². The molecule has 1 atom stereocenters. The number of nitrogens with one attached hydrogen (secondary N) is 1. The monoisotopic (exact) mass is 423 g/mol. The number of benzene rings is 3. The molecule has 1 aliphatic carbocycles.